The molecule has 0 aromatic heterocycles. The number of carbonyl (C=O) groups is 2. The summed E-state index contributed by atoms with van der Waals surface area (Å²) in [5, 5.41) is 8.83. The van der Waals surface area contributed by atoms with Gasteiger partial charge in [0.25, 0.3) is 0 Å². The molecule has 0 aliphatic carbocycles. The fourth-order valence-corrected chi connectivity index (χ4v) is 1.78. The summed E-state index contributed by atoms with van der Waals surface area (Å²) >= 11 is 0. The van der Waals surface area contributed by atoms with Crippen LogP contribution in [0.2, 0.25) is 0 Å². The summed E-state index contributed by atoms with van der Waals surface area (Å²) in [6.07, 6.45) is 2.87. The van der Waals surface area contributed by atoms with Crippen LogP contribution in [0.4, 0.5) is 0 Å². The van der Waals surface area contributed by atoms with Crippen LogP contribution in [0.5, 0.6) is 0 Å². The van der Waals surface area contributed by atoms with Crippen molar-refractivity contribution in [3.05, 3.63) is 0 Å². The minimum atomic E-state index is -0.779. The molecule has 0 aromatic carbocycles. The number of hydrogen-bond acceptors (Lipinski definition) is 2. The lowest BCUT2D eigenvalue weighted by Crippen LogP contribution is -2.42. The number of amides is 1. The number of nitrogens with zero attached hydrogens (tertiary/aromatic N) is 1. The number of rotatable bonds is 3. The predicted octanol–water partition coefficient (Wildman–Crippen LogP) is 1.11. The third kappa shape index (κ3) is 2.72. The average molecular weight is 199 g/mol. The van der Waals surface area contributed by atoms with Crippen molar-refractivity contribution < 1.29 is 14.7 Å². The molecule has 1 aliphatic heterocycles. The number of carbonyl (C=O) groups excluding carboxylic acids is 1. The molecule has 4 nitrogen and oxygen atoms in total. The molecule has 1 N–H and O–H groups in total. The van der Waals surface area contributed by atoms with Gasteiger partial charge in [0.15, 0.2) is 0 Å². The van der Waals surface area contributed by atoms with Gasteiger partial charge in [-0.05, 0) is 19.3 Å². The second-order valence-electron chi connectivity index (χ2n) is 3.77. The Morgan fingerprint density at radius 3 is 2.79 bits per heavy atom. The van der Waals surface area contributed by atoms with E-state index in [4.69, 9.17) is 5.11 Å². The molecular weight excluding hydrogens is 182 g/mol. The average Bonchev–Trinajstić information content (AvgIpc) is 2.18. The molecule has 80 valence electrons. The largest absolute Gasteiger partial charge is 0.481 e. The Hall–Kier alpha value is -1.06. The smallest absolute Gasteiger partial charge is 0.308 e. The lowest BCUT2D eigenvalue weighted by Gasteiger charge is -2.30. The van der Waals surface area contributed by atoms with Crippen molar-refractivity contribution >= 4 is 11.9 Å². The summed E-state index contributed by atoms with van der Waals surface area (Å²) in [7, 11) is 0. The highest BCUT2D eigenvalue weighted by molar-refractivity contribution is 5.77. The maximum atomic E-state index is 11.5. The Morgan fingerprint density at radius 1 is 1.50 bits per heavy atom. The van der Waals surface area contributed by atoms with Crippen LogP contribution in [-0.2, 0) is 9.59 Å². The van der Waals surface area contributed by atoms with E-state index in [0.717, 1.165) is 19.4 Å². The summed E-state index contributed by atoms with van der Waals surface area (Å²) in [6.45, 7) is 3.08. The lowest BCUT2D eigenvalue weighted by atomic mass is 9.98. The standard InChI is InChI=1S/C10H17NO3/c1-2-4-9(12)11-6-3-5-8(7-11)10(13)14/h8H,2-7H2,1H3,(H,13,14). The molecule has 1 heterocycles. The molecule has 4 heteroatoms. The van der Waals surface area contributed by atoms with Crippen molar-refractivity contribution in [3.8, 4) is 0 Å². The van der Waals surface area contributed by atoms with Gasteiger partial charge in [-0.3, -0.25) is 9.59 Å². The first kappa shape index (κ1) is 11.0. The van der Waals surface area contributed by atoms with Gasteiger partial charge in [-0.25, -0.2) is 0 Å². The third-order valence-electron chi connectivity index (χ3n) is 2.59. The normalized spacial score (nSPS) is 22.1. The second-order valence-corrected chi connectivity index (χ2v) is 3.77. The topological polar surface area (TPSA) is 57.6 Å². The van der Waals surface area contributed by atoms with Crippen LogP contribution in [0.1, 0.15) is 32.6 Å². The summed E-state index contributed by atoms with van der Waals surface area (Å²) in [5.41, 5.74) is 0. The maximum absolute atomic E-state index is 11.5. The first-order valence-corrected chi connectivity index (χ1v) is 5.15. The van der Waals surface area contributed by atoms with E-state index in [1.165, 1.54) is 0 Å². The summed E-state index contributed by atoms with van der Waals surface area (Å²) in [4.78, 5) is 23.9. The minimum Gasteiger partial charge on any atom is -0.481 e. The van der Waals surface area contributed by atoms with E-state index in [1.807, 2.05) is 6.92 Å². The van der Waals surface area contributed by atoms with Crippen molar-refractivity contribution in [2.24, 2.45) is 5.92 Å². The minimum absolute atomic E-state index is 0.0958. The molecular formula is C10H17NO3. The maximum Gasteiger partial charge on any atom is 0.308 e. The highest BCUT2D eigenvalue weighted by Crippen LogP contribution is 2.17. The van der Waals surface area contributed by atoms with E-state index in [9.17, 15) is 9.59 Å². The van der Waals surface area contributed by atoms with Gasteiger partial charge in [0.2, 0.25) is 5.91 Å². The monoisotopic (exact) mass is 199 g/mol. The van der Waals surface area contributed by atoms with Gasteiger partial charge in [-0.1, -0.05) is 6.92 Å². The SMILES string of the molecule is CCCC(=O)N1CCCC(C(=O)O)C1. The van der Waals surface area contributed by atoms with Crippen LogP contribution < -0.4 is 0 Å². The molecule has 14 heavy (non-hydrogen) atoms. The molecule has 1 unspecified atom stereocenters. The van der Waals surface area contributed by atoms with Crippen molar-refractivity contribution in [1.29, 1.82) is 0 Å². The molecule has 1 saturated heterocycles. The van der Waals surface area contributed by atoms with Crippen LogP contribution >= 0.6 is 0 Å². The molecule has 1 aliphatic rings. The van der Waals surface area contributed by atoms with E-state index in [0.29, 0.717) is 19.4 Å². The fraction of sp³-hybridized carbons (Fsp3) is 0.800. The molecule has 0 saturated carbocycles. The molecule has 1 amide bonds. The zero-order chi connectivity index (χ0) is 10.6. The molecule has 0 radical (unpaired) electrons. The Morgan fingerprint density at radius 2 is 2.21 bits per heavy atom. The number of piperidine rings is 1. The Bertz CT molecular complexity index is 227. The Labute approximate surface area is 83.9 Å². The van der Waals surface area contributed by atoms with Crippen LogP contribution in [0.25, 0.3) is 0 Å². The summed E-state index contributed by atoms with van der Waals surface area (Å²) in [6, 6.07) is 0. The van der Waals surface area contributed by atoms with E-state index in [1.54, 1.807) is 4.90 Å². The molecule has 1 atom stereocenters. The van der Waals surface area contributed by atoms with Crippen LogP contribution in [0.15, 0.2) is 0 Å². The second kappa shape index (κ2) is 4.98. The van der Waals surface area contributed by atoms with E-state index < -0.39 is 5.97 Å². The van der Waals surface area contributed by atoms with Crippen molar-refractivity contribution in [3.63, 3.8) is 0 Å². The molecule has 1 rings (SSSR count). The van der Waals surface area contributed by atoms with E-state index in [-0.39, 0.29) is 11.8 Å². The van der Waals surface area contributed by atoms with Gasteiger partial charge in [0.1, 0.15) is 0 Å². The lowest BCUT2D eigenvalue weighted by molar-refractivity contribution is -0.145. The van der Waals surface area contributed by atoms with Gasteiger partial charge in [0.05, 0.1) is 5.92 Å². The van der Waals surface area contributed by atoms with Crippen LogP contribution in [-0.4, -0.2) is 35.0 Å². The van der Waals surface area contributed by atoms with Gasteiger partial charge in [0, 0.05) is 19.5 Å². The molecule has 0 aromatic rings. The zero-order valence-corrected chi connectivity index (χ0v) is 8.53. The highest BCUT2D eigenvalue weighted by atomic mass is 16.4. The van der Waals surface area contributed by atoms with Crippen molar-refractivity contribution in [2.45, 2.75) is 32.6 Å². The fourth-order valence-electron chi connectivity index (χ4n) is 1.78. The first-order valence-electron chi connectivity index (χ1n) is 5.15. The summed E-state index contributed by atoms with van der Waals surface area (Å²) in [5.74, 6) is -1.04. The molecule has 0 bridgehead atoms. The van der Waals surface area contributed by atoms with Crippen molar-refractivity contribution in [2.75, 3.05) is 13.1 Å². The number of aliphatic carboxylic acids is 1. The third-order valence-corrected chi connectivity index (χ3v) is 2.59. The molecule has 0 spiro atoms. The van der Waals surface area contributed by atoms with Gasteiger partial charge < -0.3 is 10.0 Å². The number of carboxylic acid groups (broad SMARTS) is 1. The van der Waals surface area contributed by atoms with E-state index >= 15 is 0 Å². The van der Waals surface area contributed by atoms with E-state index in [2.05, 4.69) is 0 Å². The quantitative estimate of drug-likeness (QED) is 0.740. The number of likely N-dealkylation sites (tertiary alicyclic amines) is 1. The van der Waals surface area contributed by atoms with Crippen molar-refractivity contribution in [1.82, 2.24) is 4.90 Å². The highest BCUT2D eigenvalue weighted by Gasteiger charge is 2.27. The van der Waals surface area contributed by atoms with Crippen LogP contribution in [0, 0.1) is 5.92 Å². The van der Waals surface area contributed by atoms with Gasteiger partial charge in [-0.2, -0.15) is 0 Å². The van der Waals surface area contributed by atoms with Crippen LogP contribution in [0.3, 0.4) is 0 Å². The van der Waals surface area contributed by atoms with Gasteiger partial charge in [-0.15, -0.1) is 0 Å². The predicted molar refractivity (Wildman–Crippen MR) is 51.8 cm³/mol. The summed E-state index contributed by atoms with van der Waals surface area (Å²) < 4.78 is 0. The number of hydrogen-bond donors (Lipinski definition) is 1. The zero-order valence-electron chi connectivity index (χ0n) is 8.53. The first-order chi connectivity index (χ1) is 6.65. The Kier molecular flexibility index (Phi) is 3.92. The Balaban J connectivity index is 2.47. The number of carboxylic acids is 1. The van der Waals surface area contributed by atoms with Gasteiger partial charge >= 0.3 is 5.97 Å². The molecule has 1 fully saturated rings.